The van der Waals surface area contributed by atoms with Crippen LogP contribution in [0.3, 0.4) is 0 Å². The molecule has 2 rings (SSSR count). The van der Waals surface area contributed by atoms with E-state index < -0.39 is 22.5 Å². The number of nitrogens with zero attached hydrogens (tertiary/aromatic N) is 1. The first-order valence-corrected chi connectivity index (χ1v) is 11.1. The zero-order valence-corrected chi connectivity index (χ0v) is 18.6. The van der Waals surface area contributed by atoms with E-state index in [2.05, 4.69) is 5.32 Å². The molecule has 8 heteroatoms. The first-order valence-electron chi connectivity index (χ1n) is 8.86. The molecule has 1 amide bonds. The van der Waals surface area contributed by atoms with Crippen LogP contribution in [0.4, 0.5) is 5.69 Å². The van der Waals surface area contributed by atoms with Gasteiger partial charge < -0.3 is 5.32 Å². The average molecular weight is 443 g/mol. The molecule has 0 aliphatic rings. The van der Waals surface area contributed by atoms with Gasteiger partial charge in [0.05, 0.1) is 15.6 Å². The Morgan fingerprint density at radius 3 is 2.25 bits per heavy atom. The van der Waals surface area contributed by atoms with Crippen LogP contribution in [0.25, 0.3) is 0 Å². The third kappa shape index (κ3) is 5.40. The lowest BCUT2D eigenvalue weighted by molar-refractivity contribution is -0.120. The number of hydrogen-bond donors (Lipinski definition) is 1. The summed E-state index contributed by atoms with van der Waals surface area (Å²) < 4.78 is 27.6. The number of benzene rings is 2. The van der Waals surface area contributed by atoms with E-state index in [1.807, 2.05) is 27.7 Å². The Morgan fingerprint density at radius 1 is 1.07 bits per heavy atom. The van der Waals surface area contributed by atoms with Gasteiger partial charge in [-0.1, -0.05) is 54.7 Å². The van der Waals surface area contributed by atoms with Gasteiger partial charge in [0.15, 0.2) is 0 Å². The second kappa shape index (κ2) is 9.16. The van der Waals surface area contributed by atoms with E-state index in [0.717, 1.165) is 9.87 Å². The van der Waals surface area contributed by atoms with Crippen molar-refractivity contribution in [2.75, 3.05) is 10.8 Å². The lowest BCUT2D eigenvalue weighted by Crippen LogP contribution is -2.45. The van der Waals surface area contributed by atoms with E-state index in [0.29, 0.717) is 5.02 Å². The molecule has 0 aromatic heterocycles. The van der Waals surface area contributed by atoms with Gasteiger partial charge in [-0.3, -0.25) is 9.10 Å². The summed E-state index contributed by atoms with van der Waals surface area (Å²) in [5.74, 6) is -0.214. The number of sulfonamides is 1. The summed E-state index contributed by atoms with van der Waals surface area (Å²) in [6, 6.07) is 10.8. The number of amides is 1. The SMILES string of the molecule is Cc1ccc(S(=O)(=O)N(CC(=O)N[C@H](C)C(C)C)c2cc(Cl)ccc2Cl)cc1. The lowest BCUT2D eigenvalue weighted by atomic mass is 10.1. The van der Waals surface area contributed by atoms with Crippen LogP contribution in [-0.4, -0.2) is 26.9 Å². The molecule has 0 saturated heterocycles. The van der Waals surface area contributed by atoms with Gasteiger partial charge >= 0.3 is 0 Å². The molecule has 0 heterocycles. The molecule has 0 radical (unpaired) electrons. The van der Waals surface area contributed by atoms with Crippen LogP contribution in [0, 0.1) is 12.8 Å². The van der Waals surface area contributed by atoms with Gasteiger partial charge in [0, 0.05) is 11.1 Å². The molecule has 0 unspecified atom stereocenters. The molecule has 1 atom stereocenters. The zero-order chi connectivity index (χ0) is 21.1. The Balaban J connectivity index is 2.48. The minimum Gasteiger partial charge on any atom is -0.352 e. The van der Waals surface area contributed by atoms with Crippen LogP contribution in [0.2, 0.25) is 10.0 Å². The predicted octanol–water partition coefficient (Wildman–Crippen LogP) is 4.66. The maximum Gasteiger partial charge on any atom is 0.264 e. The lowest BCUT2D eigenvalue weighted by Gasteiger charge is -2.26. The molecule has 5 nitrogen and oxygen atoms in total. The molecule has 0 aliphatic carbocycles. The van der Waals surface area contributed by atoms with Gasteiger partial charge in [0.2, 0.25) is 5.91 Å². The van der Waals surface area contributed by atoms with Crippen LogP contribution >= 0.6 is 23.2 Å². The van der Waals surface area contributed by atoms with Crippen LogP contribution in [0.15, 0.2) is 47.4 Å². The van der Waals surface area contributed by atoms with Crippen LogP contribution < -0.4 is 9.62 Å². The monoisotopic (exact) mass is 442 g/mol. The van der Waals surface area contributed by atoms with Crippen molar-refractivity contribution < 1.29 is 13.2 Å². The Morgan fingerprint density at radius 2 is 1.68 bits per heavy atom. The summed E-state index contributed by atoms with van der Waals surface area (Å²) >= 11 is 12.3. The van der Waals surface area contributed by atoms with Gasteiger partial charge in [0.25, 0.3) is 10.0 Å². The van der Waals surface area contributed by atoms with Crippen molar-refractivity contribution >= 4 is 44.8 Å². The molecule has 1 N–H and O–H groups in total. The fourth-order valence-electron chi connectivity index (χ4n) is 2.41. The summed E-state index contributed by atoms with van der Waals surface area (Å²) in [6.45, 7) is 7.27. The highest BCUT2D eigenvalue weighted by atomic mass is 35.5. The molecule has 152 valence electrons. The molecular formula is C20H24Cl2N2O3S. The molecule has 0 fully saturated rings. The maximum atomic E-state index is 13.3. The minimum absolute atomic E-state index is 0.0684. The van der Waals surface area contributed by atoms with Crippen molar-refractivity contribution in [1.82, 2.24) is 5.32 Å². The van der Waals surface area contributed by atoms with Crippen molar-refractivity contribution in [1.29, 1.82) is 0 Å². The molecule has 0 spiro atoms. The maximum absolute atomic E-state index is 13.3. The van der Waals surface area contributed by atoms with Gasteiger partial charge in [-0.15, -0.1) is 0 Å². The molecule has 0 bridgehead atoms. The number of rotatable bonds is 7. The van der Waals surface area contributed by atoms with E-state index in [4.69, 9.17) is 23.2 Å². The molecular weight excluding hydrogens is 419 g/mol. The molecule has 2 aromatic rings. The number of carbonyl (C=O) groups excluding carboxylic acids is 1. The van der Waals surface area contributed by atoms with E-state index in [1.165, 1.54) is 24.3 Å². The summed E-state index contributed by atoms with van der Waals surface area (Å²) in [4.78, 5) is 12.6. The number of halogens is 2. The van der Waals surface area contributed by atoms with Gasteiger partial charge in [-0.2, -0.15) is 0 Å². The minimum atomic E-state index is -4.03. The van der Waals surface area contributed by atoms with Crippen LogP contribution in [0.5, 0.6) is 0 Å². The number of anilines is 1. The van der Waals surface area contributed by atoms with Crippen LogP contribution in [0.1, 0.15) is 26.3 Å². The smallest absolute Gasteiger partial charge is 0.264 e. The highest BCUT2D eigenvalue weighted by Gasteiger charge is 2.29. The number of carbonyl (C=O) groups is 1. The van der Waals surface area contributed by atoms with E-state index >= 15 is 0 Å². The Kier molecular flexibility index (Phi) is 7.37. The fraction of sp³-hybridized carbons (Fsp3) is 0.350. The largest absolute Gasteiger partial charge is 0.352 e. The molecule has 28 heavy (non-hydrogen) atoms. The summed E-state index contributed by atoms with van der Waals surface area (Å²) in [5, 5.41) is 3.33. The Bertz CT molecular complexity index is 944. The quantitative estimate of drug-likeness (QED) is 0.677. The van der Waals surface area contributed by atoms with Crippen molar-refractivity contribution in [3.05, 3.63) is 58.1 Å². The van der Waals surface area contributed by atoms with E-state index in [-0.39, 0.29) is 27.6 Å². The Labute approximate surface area is 176 Å². The first kappa shape index (κ1) is 22.5. The van der Waals surface area contributed by atoms with Crippen molar-refractivity contribution in [2.45, 2.75) is 38.6 Å². The summed E-state index contributed by atoms with van der Waals surface area (Å²) in [7, 11) is -4.03. The van der Waals surface area contributed by atoms with Gasteiger partial charge in [-0.25, -0.2) is 8.42 Å². The molecule has 0 saturated carbocycles. The van der Waals surface area contributed by atoms with Crippen molar-refractivity contribution in [3.8, 4) is 0 Å². The van der Waals surface area contributed by atoms with E-state index in [9.17, 15) is 13.2 Å². The second-order valence-electron chi connectivity index (χ2n) is 7.02. The standard InChI is InChI=1S/C20H24Cl2N2O3S/c1-13(2)15(4)23-20(25)12-24(19-11-16(21)7-10-18(19)22)28(26,27)17-8-5-14(3)6-9-17/h5-11,13,15H,12H2,1-4H3,(H,23,25)/t15-/m1/s1. The third-order valence-corrected chi connectivity index (χ3v) is 6.79. The highest BCUT2D eigenvalue weighted by Crippen LogP contribution is 2.33. The van der Waals surface area contributed by atoms with E-state index in [1.54, 1.807) is 18.2 Å². The molecule has 2 aromatic carbocycles. The first-order chi connectivity index (χ1) is 13.0. The van der Waals surface area contributed by atoms with Crippen LogP contribution in [-0.2, 0) is 14.8 Å². The van der Waals surface area contributed by atoms with Gasteiger partial charge in [0.1, 0.15) is 6.54 Å². The van der Waals surface area contributed by atoms with Gasteiger partial charge in [-0.05, 0) is 50.1 Å². The highest BCUT2D eigenvalue weighted by molar-refractivity contribution is 7.92. The topological polar surface area (TPSA) is 66.5 Å². The van der Waals surface area contributed by atoms with Crippen molar-refractivity contribution in [3.63, 3.8) is 0 Å². The summed E-state index contributed by atoms with van der Waals surface area (Å²) in [6.07, 6.45) is 0. The van der Waals surface area contributed by atoms with Crippen molar-refractivity contribution in [2.24, 2.45) is 5.92 Å². The molecule has 0 aliphatic heterocycles. The normalized spacial score (nSPS) is 12.7. The predicted molar refractivity (Wildman–Crippen MR) is 115 cm³/mol. The number of aryl methyl sites for hydroxylation is 1. The summed E-state index contributed by atoms with van der Waals surface area (Å²) in [5.41, 5.74) is 1.08. The zero-order valence-electron chi connectivity index (χ0n) is 16.2. The Hall–Kier alpha value is -1.76. The number of hydrogen-bond acceptors (Lipinski definition) is 3. The average Bonchev–Trinajstić information content (AvgIpc) is 2.62. The second-order valence-corrected chi connectivity index (χ2v) is 9.73. The number of nitrogens with one attached hydrogen (secondary N) is 1. The fourth-order valence-corrected chi connectivity index (χ4v) is 4.28. The third-order valence-electron chi connectivity index (χ3n) is 4.46.